The summed E-state index contributed by atoms with van der Waals surface area (Å²) in [6.07, 6.45) is 5.22. The van der Waals surface area contributed by atoms with E-state index in [1.165, 1.54) is 21.1 Å². The van der Waals surface area contributed by atoms with Crippen LogP contribution in [0.15, 0.2) is 53.8 Å². The molecule has 0 aliphatic heterocycles. The Kier molecular flexibility index (Phi) is 7.20. The lowest BCUT2D eigenvalue weighted by molar-refractivity contribution is 0.101. The molecule has 0 aliphatic carbocycles. The fraction of sp³-hybridized carbons (Fsp3) is 0.391. The summed E-state index contributed by atoms with van der Waals surface area (Å²) >= 11 is 0. The van der Waals surface area contributed by atoms with E-state index in [1.54, 1.807) is 27.1 Å². The summed E-state index contributed by atoms with van der Waals surface area (Å²) in [5.41, 5.74) is 1.95. The highest BCUT2D eigenvalue weighted by Crippen LogP contribution is 2.21. The lowest BCUT2D eigenvalue weighted by Crippen LogP contribution is -2.30. The third kappa shape index (κ3) is 4.94. The van der Waals surface area contributed by atoms with Gasteiger partial charge in [-0.05, 0) is 23.8 Å². The van der Waals surface area contributed by atoms with Crippen LogP contribution < -0.4 is 5.32 Å². The van der Waals surface area contributed by atoms with Gasteiger partial charge in [-0.2, -0.15) is 4.31 Å². The van der Waals surface area contributed by atoms with E-state index in [2.05, 4.69) is 28.7 Å². The molecule has 0 radical (unpaired) electrons. The normalized spacial score (nSPS) is 12.0. The monoisotopic (exact) mass is 457 g/mol. The maximum Gasteiger partial charge on any atom is 0.272 e. The van der Waals surface area contributed by atoms with E-state index in [4.69, 9.17) is 0 Å². The first-order valence-electron chi connectivity index (χ1n) is 10.7. The van der Waals surface area contributed by atoms with E-state index in [0.29, 0.717) is 31.2 Å². The van der Waals surface area contributed by atoms with E-state index < -0.39 is 10.0 Å². The van der Waals surface area contributed by atoms with Gasteiger partial charge in [-0.1, -0.05) is 39.8 Å². The van der Waals surface area contributed by atoms with Crippen LogP contribution in [0.4, 0.5) is 5.69 Å². The number of hydrogen-bond acceptors (Lipinski definition) is 4. The van der Waals surface area contributed by atoms with Crippen LogP contribution >= 0.6 is 0 Å². The molecule has 1 N–H and O–H groups in total. The fourth-order valence-electron chi connectivity index (χ4n) is 3.71. The number of aryl methyl sites for hydroxylation is 1. The summed E-state index contributed by atoms with van der Waals surface area (Å²) in [6, 6.07) is 9.04. The average Bonchev–Trinajstić information content (AvgIpc) is 3.36. The minimum absolute atomic E-state index is 0.115. The maximum atomic E-state index is 12.9. The summed E-state index contributed by atoms with van der Waals surface area (Å²) in [5, 5.41) is 2.89. The molecule has 0 spiro atoms. The Morgan fingerprint density at radius 3 is 2.56 bits per heavy atom. The van der Waals surface area contributed by atoms with Crippen molar-refractivity contribution in [1.82, 2.24) is 18.4 Å². The van der Waals surface area contributed by atoms with Gasteiger partial charge in [0.05, 0.1) is 0 Å². The molecule has 9 heteroatoms. The Morgan fingerprint density at radius 1 is 1.19 bits per heavy atom. The van der Waals surface area contributed by atoms with Crippen molar-refractivity contribution in [3.8, 4) is 0 Å². The number of anilines is 1. The van der Waals surface area contributed by atoms with Crippen LogP contribution in [0.2, 0.25) is 0 Å². The number of aromatic nitrogens is 3. The Labute approximate surface area is 189 Å². The first-order chi connectivity index (χ1) is 15.2. The summed E-state index contributed by atoms with van der Waals surface area (Å²) in [5.74, 6) is 0.952. The molecular formula is C23H31N5O3S. The molecule has 172 valence electrons. The highest BCUT2D eigenvalue weighted by Gasteiger charge is 2.25. The topological polar surface area (TPSA) is 89.2 Å². The summed E-state index contributed by atoms with van der Waals surface area (Å²) in [4.78, 5) is 17.4. The summed E-state index contributed by atoms with van der Waals surface area (Å²) in [7, 11) is -1.97. The standard InChI is InChI=1S/C23H31N5O3S/c1-6-28(7-2)32(30,31)20-14-21(26(5)16-20)23(29)25-19-10-8-9-18(13-19)15-27-12-11-24-22(27)17(3)4/h8-14,16-17H,6-7,15H2,1-5H3,(H,25,29). The molecule has 0 atom stereocenters. The Bertz CT molecular complexity index is 1190. The minimum Gasteiger partial charge on any atom is -0.345 e. The second-order valence-electron chi connectivity index (χ2n) is 7.98. The van der Waals surface area contributed by atoms with E-state index in [-0.39, 0.29) is 16.5 Å². The zero-order chi connectivity index (χ0) is 23.5. The number of benzene rings is 1. The van der Waals surface area contributed by atoms with Gasteiger partial charge >= 0.3 is 0 Å². The molecule has 0 bridgehead atoms. The number of imidazole rings is 1. The largest absolute Gasteiger partial charge is 0.345 e. The highest BCUT2D eigenvalue weighted by atomic mass is 32.2. The van der Waals surface area contributed by atoms with Gasteiger partial charge in [0.1, 0.15) is 16.4 Å². The second-order valence-corrected chi connectivity index (χ2v) is 9.92. The predicted molar refractivity (Wildman–Crippen MR) is 125 cm³/mol. The minimum atomic E-state index is -3.63. The average molecular weight is 458 g/mol. The number of nitrogens with zero attached hydrogens (tertiary/aromatic N) is 4. The lowest BCUT2D eigenvalue weighted by atomic mass is 10.1. The lowest BCUT2D eigenvalue weighted by Gasteiger charge is -2.17. The number of nitrogens with one attached hydrogen (secondary N) is 1. The molecule has 32 heavy (non-hydrogen) atoms. The first-order valence-corrected chi connectivity index (χ1v) is 12.2. The van der Waals surface area contributed by atoms with E-state index >= 15 is 0 Å². The van der Waals surface area contributed by atoms with Gasteiger partial charge in [-0.15, -0.1) is 0 Å². The Hall–Kier alpha value is -2.91. The second kappa shape index (κ2) is 9.70. The molecule has 1 aromatic carbocycles. The maximum absolute atomic E-state index is 12.9. The fourth-order valence-corrected chi connectivity index (χ4v) is 5.24. The van der Waals surface area contributed by atoms with Gasteiger partial charge in [-0.25, -0.2) is 13.4 Å². The smallest absolute Gasteiger partial charge is 0.272 e. The van der Waals surface area contributed by atoms with Crippen molar-refractivity contribution < 1.29 is 13.2 Å². The molecule has 2 aromatic heterocycles. The molecular weight excluding hydrogens is 426 g/mol. The van der Waals surface area contributed by atoms with E-state index in [1.807, 2.05) is 30.5 Å². The molecule has 0 saturated heterocycles. The van der Waals surface area contributed by atoms with Crippen molar-refractivity contribution in [2.24, 2.45) is 7.05 Å². The van der Waals surface area contributed by atoms with Gasteiger partial charge in [0, 0.05) is 56.9 Å². The van der Waals surface area contributed by atoms with Crippen molar-refractivity contribution in [3.05, 3.63) is 66.0 Å². The van der Waals surface area contributed by atoms with Gasteiger partial charge in [0.2, 0.25) is 10.0 Å². The molecule has 3 aromatic rings. The zero-order valence-electron chi connectivity index (χ0n) is 19.2. The first kappa shape index (κ1) is 23.7. The third-order valence-electron chi connectivity index (χ3n) is 5.36. The van der Waals surface area contributed by atoms with Gasteiger partial charge in [0.25, 0.3) is 5.91 Å². The molecule has 0 unspecified atom stereocenters. The van der Waals surface area contributed by atoms with Crippen LogP contribution in [0.5, 0.6) is 0 Å². The zero-order valence-corrected chi connectivity index (χ0v) is 20.1. The number of rotatable bonds is 9. The molecule has 8 nitrogen and oxygen atoms in total. The molecule has 2 heterocycles. The molecule has 1 amide bonds. The van der Waals surface area contributed by atoms with Crippen LogP contribution in [-0.2, 0) is 23.6 Å². The van der Waals surface area contributed by atoms with Crippen molar-refractivity contribution in [2.75, 3.05) is 18.4 Å². The molecule has 3 rings (SSSR count). The Morgan fingerprint density at radius 2 is 1.91 bits per heavy atom. The van der Waals surface area contributed by atoms with Crippen molar-refractivity contribution in [2.45, 2.75) is 45.1 Å². The number of carbonyl (C=O) groups excluding carboxylic acids is 1. The SMILES string of the molecule is CCN(CC)S(=O)(=O)c1cc(C(=O)Nc2cccc(Cn3ccnc3C(C)C)c2)n(C)c1. The van der Waals surface area contributed by atoms with Crippen molar-refractivity contribution in [3.63, 3.8) is 0 Å². The van der Waals surface area contributed by atoms with E-state index in [0.717, 1.165) is 11.4 Å². The summed E-state index contributed by atoms with van der Waals surface area (Å²) < 4.78 is 30.6. The number of amides is 1. The number of carbonyl (C=O) groups is 1. The van der Waals surface area contributed by atoms with Gasteiger partial charge in [-0.3, -0.25) is 4.79 Å². The van der Waals surface area contributed by atoms with Crippen LogP contribution in [0, 0.1) is 0 Å². The third-order valence-corrected chi connectivity index (χ3v) is 7.37. The molecule has 0 saturated carbocycles. The van der Waals surface area contributed by atoms with Crippen LogP contribution in [0.1, 0.15) is 55.5 Å². The highest BCUT2D eigenvalue weighted by molar-refractivity contribution is 7.89. The summed E-state index contributed by atoms with van der Waals surface area (Å²) in [6.45, 7) is 9.17. The molecule has 0 aliphatic rings. The van der Waals surface area contributed by atoms with Crippen LogP contribution in [0.25, 0.3) is 0 Å². The Balaban J connectivity index is 1.79. The number of sulfonamides is 1. The van der Waals surface area contributed by atoms with Crippen molar-refractivity contribution >= 4 is 21.6 Å². The van der Waals surface area contributed by atoms with Gasteiger partial charge in [0.15, 0.2) is 0 Å². The van der Waals surface area contributed by atoms with Gasteiger partial charge < -0.3 is 14.5 Å². The van der Waals surface area contributed by atoms with Crippen molar-refractivity contribution in [1.29, 1.82) is 0 Å². The predicted octanol–water partition coefficient (Wildman–Crippen LogP) is 3.68. The number of hydrogen-bond donors (Lipinski definition) is 1. The van der Waals surface area contributed by atoms with Crippen LogP contribution in [-0.4, -0.2) is 45.8 Å². The van der Waals surface area contributed by atoms with E-state index in [9.17, 15) is 13.2 Å². The quantitative estimate of drug-likeness (QED) is 0.531. The van der Waals surface area contributed by atoms with Crippen LogP contribution in [0.3, 0.4) is 0 Å². The molecule has 0 fully saturated rings.